The number of hydrogen-bond donors (Lipinski definition) is 1. The van der Waals surface area contributed by atoms with Crippen molar-refractivity contribution in [2.75, 3.05) is 0 Å². The normalized spacial score (nSPS) is 13.1. The molecule has 2 heterocycles. The van der Waals surface area contributed by atoms with Gasteiger partial charge in [-0.05, 0) is 18.4 Å². The Labute approximate surface area is 95.4 Å². The molecule has 0 bridgehead atoms. The summed E-state index contributed by atoms with van der Waals surface area (Å²) in [6, 6.07) is 1.67. The average Bonchev–Trinajstić information content (AvgIpc) is 2.73. The molecule has 0 spiro atoms. The van der Waals surface area contributed by atoms with Crippen LogP contribution in [-0.2, 0) is 0 Å². The Morgan fingerprint density at radius 2 is 2.29 bits per heavy atom. The van der Waals surface area contributed by atoms with Crippen LogP contribution in [0.2, 0.25) is 5.02 Å². The predicted molar refractivity (Wildman–Crippen MR) is 62.2 cm³/mol. The summed E-state index contributed by atoms with van der Waals surface area (Å²) >= 11 is 9.17. The smallest absolute Gasteiger partial charge is 0.0898 e. The van der Waals surface area contributed by atoms with Gasteiger partial charge in [-0.2, -0.15) is 0 Å². The topological polar surface area (TPSA) is 38.9 Å². The Morgan fingerprint density at radius 3 is 2.79 bits per heavy atom. The third kappa shape index (κ3) is 1.83. The number of thiazole rings is 1. The largest absolute Gasteiger partial charge is 0.318 e. The molecule has 0 aliphatic rings. The van der Waals surface area contributed by atoms with Gasteiger partial charge in [0.05, 0.1) is 21.8 Å². The molecule has 14 heavy (non-hydrogen) atoms. The summed E-state index contributed by atoms with van der Waals surface area (Å²) < 4.78 is 0. The summed E-state index contributed by atoms with van der Waals surface area (Å²) in [5, 5.41) is 5.68. The fourth-order valence-electron chi connectivity index (χ4n) is 1.18. The van der Waals surface area contributed by atoms with Crippen LogP contribution in [-0.4, -0.2) is 4.98 Å². The van der Waals surface area contributed by atoms with E-state index in [1.54, 1.807) is 22.7 Å². The van der Waals surface area contributed by atoms with Crippen LogP contribution in [0.5, 0.6) is 0 Å². The zero-order valence-corrected chi connectivity index (χ0v) is 9.92. The lowest BCUT2D eigenvalue weighted by Crippen LogP contribution is -2.10. The highest BCUT2D eigenvalue weighted by Gasteiger charge is 2.15. The first-order valence-electron chi connectivity index (χ1n) is 4.09. The molecule has 0 aliphatic carbocycles. The van der Waals surface area contributed by atoms with E-state index >= 15 is 0 Å². The van der Waals surface area contributed by atoms with Crippen molar-refractivity contribution in [2.45, 2.75) is 13.0 Å². The molecule has 2 aromatic rings. The lowest BCUT2D eigenvalue weighted by Gasteiger charge is -2.06. The lowest BCUT2D eigenvalue weighted by atomic mass is 10.2. The van der Waals surface area contributed by atoms with E-state index in [1.807, 2.05) is 23.8 Å². The molecular weight excluding hydrogens is 236 g/mol. The van der Waals surface area contributed by atoms with E-state index in [0.29, 0.717) is 0 Å². The van der Waals surface area contributed by atoms with Gasteiger partial charge in [0, 0.05) is 10.3 Å². The molecule has 1 unspecified atom stereocenters. The van der Waals surface area contributed by atoms with E-state index < -0.39 is 0 Å². The first-order chi connectivity index (χ1) is 6.68. The van der Waals surface area contributed by atoms with Crippen molar-refractivity contribution in [1.29, 1.82) is 0 Å². The second kappa shape index (κ2) is 3.98. The van der Waals surface area contributed by atoms with Crippen molar-refractivity contribution < 1.29 is 0 Å². The van der Waals surface area contributed by atoms with Crippen LogP contribution in [0.3, 0.4) is 0 Å². The lowest BCUT2D eigenvalue weighted by molar-refractivity contribution is 0.853. The Hall–Kier alpha value is -0.420. The van der Waals surface area contributed by atoms with Crippen molar-refractivity contribution in [3.63, 3.8) is 0 Å². The molecule has 74 valence electrons. The fourth-order valence-corrected chi connectivity index (χ4v) is 3.02. The van der Waals surface area contributed by atoms with Crippen LogP contribution in [0.25, 0.3) is 0 Å². The first-order valence-corrected chi connectivity index (χ1v) is 6.22. The molecule has 2 N–H and O–H groups in total. The van der Waals surface area contributed by atoms with Gasteiger partial charge in [-0.25, -0.2) is 4.98 Å². The number of rotatable bonds is 2. The highest BCUT2D eigenvalue weighted by Crippen LogP contribution is 2.31. The minimum atomic E-state index is -0.188. The van der Waals surface area contributed by atoms with Gasteiger partial charge < -0.3 is 5.73 Å². The van der Waals surface area contributed by atoms with Gasteiger partial charge in [0.25, 0.3) is 0 Å². The van der Waals surface area contributed by atoms with Gasteiger partial charge >= 0.3 is 0 Å². The maximum atomic E-state index is 6.05. The van der Waals surface area contributed by atoms with Gasteiger partial charge in [0.15, 0.2) is 0 Å². The van der Waals surface area contributed by atoms with Crippen molar-refractivity contribution in [1.82, 2.24) is 4.98 Å². The standard InChI is InChI=1S/C9H9ClN2S2/c1-5-12-7(4-14-5)8(11)9-6(10)2-3-13-9/h2-4,8H,11H2,1H3. The van der Waals surface area contributed by atoms with E-state index in [0.717, 1.165) is 20.6 Å². The van der Waals surface area contributed by atoms with E-state index in [9.17, 15) is 0 Å². The summed E-state index contributed by atoms with van der Waals surface area (Å²) in [4.78, 5) is 5.33. The first kappa shape index (κ1) is 10.1. The summed E-state index contributed by atoms with van der Waals surface area (Å²) in [6.45, 7) is 1.97. The number of aromatic nitrogens is 1. The highest BCUT2D eigenvalue weighted by atomic mass is 35.5. The molecule has 2 rings (SSSR count). The van der Waals surface area contributed by atoms with E-state index in [2.05, 4.69) is 4.98 Å². The third-order valence-corrected chi connectivity index (χ3v) is 4.12. The molecule has 0 saturated heterocycles. The summed E-state index contributed by atoms with van der Waals surface area (Å²) in [6.07, 6.45) is 0. The molecule has 0 aromatic carbocycles. The number of nitrogens with zero attached hydrogens (tertiary/aromatic N) is 1. The quantitative estimate of drug-likeness (QED) is 0.881. The molecular formula is C9H9ClN2S2. The molecule has 0 saturated carbocycles. The minimum Gasteiger partial charge on any atom is -0.318 e. The zero-order chi connectivity index (χ0) is 10.1. The Kier molecular flexibility index (Phi) is 2.88. The summed E-state index contributed by atoms with van der Waals surface area (Å²) in [5.41, 5.74) is 6.94. The number of hydrogen-bond acceptors (Lipinski definition) is 4. The van der Waals surface area contributed by atoms with Crippen LogP contribution >= 0.6 is 34.3 Å². The van der Waals surface area contributed by atoms with Crippen LogP contribution in [0.1, 0.15) is 21.6 Å². The summed E-state index contributed by atoms with van der Waals surface area (Å²) in [5.74, 6) is 0. The molecule has 1 atom stereocenters. The SMILES string of the molecule is Cc1nc(C(N)c2sccc2Cl)cs1. The van der Waals surface area contributed by atoms with Crippen molar-refractivity contribution >= 4 is 34.3 Å². The maximum Gasteiger partial charge on any atom is 0.0898 e. The van der Waals surface area contributed by atoms with Crippen LogP contribution in [0.15, 0.2) is 16.8 Å². The van der Waals surface area contributed by atoms with Crippen molar-refractivity contribution in [3.05, 3.63) is 37.4 Å². The van der Waals surface area contributed by atoms with Gasteiger partial charge in [-0.3, -0.25) is 0 Å². The maximum absolute atomic E-state index is 6.05. The van der Waals surface area contributed by atoms with Crippen molar-refractivity contribution in [3.8, 4) is 0 Å². The van der Waals surface area contributed by atoms with Crippen LogP contribution in [0, 0.1) is 6.92 Å². The average molecular weight is 245 g/mol. The number of halogens is 1. The van der Waals surface area contributed by atoms with E-state index in [4.69, 9.17) is 17.3 Å². The molecule has 2 nitrogen and oxygen atoms in total. The van der Waals surface area contributed by atoms with Crippen molar-refractivity contribution in [2.24, 2.45) is 5.73 Å². The van der Waals surface area contributed by atoms with Crippen LogP contribution < -0.4 is 5.73 Å². The number of nitrogens with two attached hydrogens (primary N) is 1. The molecule has 5 heteroatoms. The van der Waals surface area contributed by atoms with Gasteiger partial charge in [-0.1, -0.05) is 11.6 Å². The van der Waals surface area contributed by atoms with Crippen LogP contribution in [0.4, 0.5) is 0 Å². The Morgan fingerprint density at radius 1 is 1.50 bits per heavy atom. The number of thiophene rings is 1. The van der Waals surface area contributed by atoms with Gasteiger partial charge in [0.1, 0.15) is 0 Å². The molecule has 0 fully saturated rings. The van der Waals surface area contributed by atoms with Gasteiger partial charge in [-0.15, -0.1) is 22.7 Å². The van der Waals surface area contributed by atoms with E-state index in [1.165, 1.54) is 0 Å². The monoisotopic (exact) mass is 244 g/mol. The number of aryl methyl sites for hydroxylation is 1. The molecule has 2 aromatic heterocycles. The third-order valence-electron chi connectivity index (χ3n) is 1.88. The summed E-state index contributed by atoms with van der Waals surface area (Å²) in [7, 11) is 0. The highest BCUT2D eigenvalue weighted by molar-refractivity contribution is 7.11. The predicted octanol–water partition coefficient (Wildman–Crippen LogP) is 3.21. The van der Waals surface area contributed by atoms with Gasteiger partial charge in [0.2, 0.25) is 0 Å². The second-order valence-corrected chi connectivity index (χ2v) is 5.32. The fraction of sp³-hybridized carbons (Fsp3) is 0.222. The minimum absolute atomic E-state index is 0.188. The van der Waals surface area contributed by atoms with E-state index in [-0.39, 0.29) is 6.04 Å². The Bertz CT molecular complexity index is 435. The second-order valence-electron chi connectivity index (χ2n) is 2.90. The molecule has 0 radical (unpaired) electrons. The molecule has 0 aliphatic heterocycles. The Balaban J connectivity index is 2.33. The molecule has 0 amide bonds. The zero-order valence-electron chi connectivity index (χ0n) is 7.53.